The zero-order valence-corrected chi connectivity index (χ0v) is 12.4. The summed E-state index contributed by atoms with van der Waals surface area (Å²) in [6.45, 7) is 8.52. The average molecular weight is 303 g/mol. The van der Waals surface area contributed by atoms with Crippen LogP contribution in [-0.2, 0) is 4.79 Å². The molecule has 2 rings (SSSR count). The van der Waals surface area contributed by atoms with Crippen LogP contribution in [0.5, 0.6) is 0 Å². The molecule has 1 amide bonds. The predicted octanol–water partition coefficient (Wildman–Crippen LogP) is 2.10. The lowest BCUT2D eigenvalue weighted by Crippen LogP contribution is -2.40. The molecule has 17 heavy (non-hydrogen) atoms. The molecule has 0 aromatic heterocycles. The third kappa shape index (κ3) is 3.02. The summed E-state index contributed by atoms with van der Waals surface area (Å²) in [6.07, 6.45) is 3.82. The molecular weight excluding hydrogens is 280 g/mol. The molecule has 0 N–H and O–H groups in total. The van der Waals surface area contributed by atoms with Crippen molar-refractivity contribution in [2.45, 2.75) is 44.0 Å². The molecule has 0 saturated carbocycles. The van der Waals surface area contributed by atoms with Gasteiger partial charge in [0, 0.05) is 19.1 Å². The first-order valence-corrected chi connectivity index (χ1v) is 7.68. The number of nitrogens with zero attached hydrogens (tertiary/aromatic N) is 2. The van der Waals surface area contributed by atoms with Crippen LogP contribution in [0.15, 0.2) is 0 Å². The van der Waals surface area contributed by atoms with Crippen molar-refractivity contribution in [3.8, 4) is 0 Å². The van der Waals surface area contributed by atoms with Crippen LogP contribution in [0.1, 0.15) is 33.1 Å². The van der Waals surface area contributed by atoms with Gasteiger partial charge in [-0.3, -0.25) is 9.69 Å². The van der Waals surface area contributed by atoms with E-state index < -0.39 is 0 Å². The van der Waals surface area contributed by atoms with Gasteiger partial charge in [0.25, 0.3) is 0 Å². The minimum absolute atomic E-state index is 0.0140. The van der Waals surface area contributed by atoms with Gasteiger partial charge in [-0.1, -0.05) is 29.8 Å². The number of hydrogen-bond acceptors (Lipinski definition) is 2. The number of amides is 1. The van der Waals surface area contributed by atoms with Crippen LogP contribution in [0.3, 0.4) is 0 Å². The number of hydrogen-bond donors (Lipinski definition) is 0. The Labute approximate surface area is 113 Å². The van der Waals surface area contributed by atoms with Gasteiger partial charge in [-0.25, -0.2) is 0 Å². The van der Waals surface area contributed by atoms with Crippen LogP contribution in [0.4, 0.5) is 0 Å². The minimum atomic E-state index is -0.0140. The molecule has 98 valence electrons. The highest BCUT2D eigenvalue weighted by Crippen LogP contribution is 2.23. The zero-order chi connectivity index (χ0) is 12.4. The summed E-state index contributed by atoms with van der Waals surface area (Å²) >= 11 is 3.52. The molecule has 2 fully saturated rings. The molecular formula is C13H23BrN2O. The van der Waals surface area contributed by atoms with E-state index in [2.05, 4.69) is 34.7 Å². The molecule has 2 atom stereocenters. The summed E-state index contributed by atoms with van der Waals surface area (Å²) in [5.74, 6) is 0.648. The Morgan fingerprint density at radius 2 is 1.88 bits per heavy atom. The Kier molecular flexibility index (Phi) is 4.47. The van der Waals surface area contributed by atoms with Crippen LogP contribution in [0, 0.1) is 5.92 Å². The maximum Gasteiger partial charge on any atom is 0.236 e. The van der Waals surface area contributed by atoms with Gasteiger partial charge >= 0.3 is 0 Å². The van der Waals surface area contributed by atoms with Crippen molar-refractivity contribution in [3.05, 3.63) is 0 Å². The molecule has 2 aliphatic rings. The number of alkyl halides is 1. The molecule has 0 aliphatic carbocycles. The van der Waals surface area contributed by atoms with Crippen molar-refractivity contribution in [1.29, 1.82) is 0 Å². The Morgan fingerprint density at radius 1 is 1.24 bits per heavy atom. The first-order valence-electron chi connectivity index (χ1n) is 6.76. The summed E-state index contributed by atoms with van der Waals surface area (Å²) in [5.41, 5.74) is 0. The quantitative estimate of drug-likeness (QED) is 0.746. The number of rotatable bonds is 3. The lowest BCUT2D eigenvalue weighted by atomic mass is 10.1. The van der Waals surface area contributed by atoms with Crippen molar-refractivity contribution < 1.29 is 4.79 Å². The third-order valence-corrected chi connectivity index (χ3v) is 5.40. The predicted molar refractivity (Wildman–Crippen MR) is 73.3 cm³/mol. The van der Waals surface area contributed by atoms with Crippen molar-refractivity contribution >= 4 is 21.8 Å². The maximum atomic E-state index is 12.2. The number of halogens is 1. The smallest absolute Gasteiger partial charge is 0.236 e. The van der Waals surface area contributed by atoms with E-state index in [1.165, 1.54) is 25.9 Å². The molecule has 2 heterocycles. The van der Waals surface area contributed by atoms with Crippen LogP contribution in [-0.4, -0.2) is 52.8 Å². The van der Waals surface area contributed by atoms with E-state index in [9.17, 15) is 4.79 Å². The van der Waals surface area contributed by atoms with Gasteiger partial charge in [0.2, 0.25) is 5.91 Å². The molecule has 2 saturated heterocycles. The molecule has 0 aromatic carbocycles. The summed E-state index contributed by atoms with van der Waals surface area (Å²) in [5, 5.41) is 0. The highest BCUT2D eigenvalue weighted by atomic mass is 79.9. The maximum absolute atomic E-state index is 12.2. The van der Waals surface area contributed by atoms with Crippen molar-refractivity contribution in [2.24, 2.45) is 5.92 Å². The second kappa shape index (κ2) is 5.70. The van der Waals surface area contributed by atoms with E-state index in [0.29, 0.717) is 12.0 Å². The second-order valence-corrected chi connectivity index (χ2v) is 6.60. The van der Waals surface area contributed by atoms with Crippen molar-refractivity contribution in [1.82, 2.24) is 9.80 Å². The van der Waals surface area contributed by atoms with E-state index in [0.717, 1.165) is 19.5 Å². The van der Waals surface area contributed by atoms with Crippen LogP contribution in [0.25, 0.3) is 0 Å². The molecule has 0 aromatic rings. The van der Waals surface area contributed by atoms with Gasteiger partial charge in [0.05, 0.1) is 4.83 Å². The van der Waals surface area contributed by atoms with Crippen LogP contribution in [0.2, 0.25) is 0 Å². The lowest BCUT2D eigenvalue weighted by Gasteiger charge is -2.25. The van der Waals surface area contributed by atoms with Gasteiger partial charge in [-0.15, -0.1) is 0 Å². The van der Waals surface area contributed by atoms with E-state index in [1.807, 2.05) is 4.90 Å². The Bertz CT molecular complexity index is 277. The van der Waals surface area contributed by atoms with E-state index in [1.54, 1.807) is 0 Å². The van der Waals surface area contributed by atoms with E-state index in [4.69, 9.17) is 0 Å². The van der Waals surface area contributed by atoms with E-state index in [-0.39, 0.29) is 10.7 Å². The number of carbonyl (C=O) groups is 1. The fourth-order valence-electron chi connectivity index (χ4n) is 2.81. The summed E-state index contributed by atoms with van der Waals surface area (Å²) in [4.78, 5) is 16.8. The first-order chi connectivity index (χ1) is 8.09. The Morgan fingerprint density at radius 3 is 2.47 bits per heavy atom. The first kappa shape index (κ1) is 13.3. The lowest BCUT2D eigenvalue weighted by molar-refractivity contribution is -0.130. The van der Waals surface area contributed by atoms with Crippen molar-refractivity contribution in [2.75, 3.05) is 26.2 Å². The Balaban J connectivity index is 1.86. The normalized spacial score (nSPS) is 28.0. The summed E-state index contributed by atoms with van der Waals surface area (Å²) in [6, 6.07) is 0.619. The largest absolute Gasteiger partial charge is 0.340 e. The van der Waals surface area contributed by atoms with Gasteiger partial charge in [0.1, 0.15) is 0 Å². The molecule has 3 nitrogen and oxygen atoms in total. The molecule has 0 spiro atoms. The van der Waals surface area contributed by atoms with Crippen molar-refractivity contribution in [3.63, 3.8) is 0 Å². The molecule has 0 bridgehead atoms. The van der Waals surface area contributed by atoms with E-state index >= 15 is 0 Å². The second-order valence-electron chi connectivity index (χ2n) is 5.62. The van der Waals surface area contributed by atoms with Gasteiger partial charge in [-0.2, -0.15) is 0 Å². The van der Waals surface area contributed by atoms with Gasteiger partial charge in [0.15, 0.2) is 0 Å². The minimum Gasteiger partial charge on any atom is -0.340 e. The standard InChI is InChI=1S/C13H23BrN2O/c1-10(2)12(14)13(17)16-8-5-11(9-16)15-6-3-4-7-15/h10-12H,3-9H2,1-2H3. The zero-order valence-electron chi connectivity index (χ0n) is 10.9. The number of likely N-dealkylation sites (tertiary alicyclic amines) is 2. The monoisotopic (exact) mass is 302 g/mol. The van der Waals surface area contributed by atoms with Gasteiger partial charge < -0.3 is 4.90 Å². The Hall–Kier alpha value is -0.0900. The SMILES string of the molecule is CC(C)C(Br)C(=O)N1CCC(N2CCCC2)C1. The highest BCUT2D eigenvalue weighted by molar-refractivity contribution is 9.10. The van der Waals surface area contributed by atoms with Crippen LogP contribution < -0.4 is 0 Å². The topological polar surface area (TPSA) is 23.6 Å². The fraction of sp³-hybridized carbons (Fsp3) is 0.923. The summed E-state index contributed by atoms with van der Waals surface area (Å²) in [7, 11) is 0. The van der Waals surface area contributed by atoms with Gasteiger partial charge in [-0.05, 0) is 38.3 Å². The average Bonchev–Trinajstić information content (AvgIpc) is 2.96. The molecule has 2 unspecified atom stereocenters. The molecule has 2 aliphatic heterocycles. The molecule has 0 radical (unpaired) electrons. The number of carbonyl (C=O) groups excluding carboxylic acids is 1. The molecule has 4 heteroatoms. The third-order valence-electron chi connectivity index (χ3n) is 3.95. The fourth-order valence-corrected chi connectivity index (χ4v) is 3.10. The highest BCUT2D eigenvalue weighted by Gasteiger charge is 2.34. The van der Waals surface area contributed by atoms with Crippen LogP contribution >= 0.6 is 15.9 Å². The summed E-state index contributed by atoms with van der Waals surface area (Å²) < 4.78 is 0.